The van der Waals surface area contributed by atoms with E-state index in [2.05, 4.69) is 25.6 Å². The van der Waals surface area contributed by atoms with Gasteiger partial charge in [0, 0.05) is 12.1 Å². The summed E-state index contributed by atoms with van der Waals surface area (Å²) < 4.78 is 19.3. The molecule has 0 aliphatic rings. The maximum Gasteiger partial charge on any atom is 0.269 e. The van der Waals surface area contributed by atoms with Gasteiger partial charge in [-0.15, -0.1) is 0 Å². The number of carbonyl (C=O) groups excluding carboxylic acids is 1. The van der Waals surface area contributed by atoms with Crippen molar-refractivity contribution in [2.45, 2.75) is 13.1 Å². The topological polar surface area (TPSA) is 138 Å². The summed E-state index contributed by atoms with van der Waals surface area (Å²) in [7, 11) is 4.59. The zero-order valence-electron chi connectivity index (χ0n) is 21.7. The molecule has 5 aromatic rings. The number of aromatic amines is 1. The van der Waals surface area contributed by atoms with Crippen LogP contribution in [0.5, 0.6) is 17.2 Å². The molecule has 0 unspecified atom stereocenters. The fourth-order valence-corrected chi connectivity index (χ4v) is 4.24. The molecule has 12 heteroatoms. The number of nitrogens with zero attached hydrogens (tertiary/aromatic N) is 5. The summed E-state index contributed by atoms with van der Waals surface area (Å²) in [6.45, 7) is 1.02. The number of fused-ring (bicyclic) bond motifs is 1. The Balaban J connectivity index is 1.25. The van der Waals surface area contributed by atoms with Crippen molar-refractivity contribution in [2.24, 2.45) is 0 Å². The maximum atomic E-state index is 12.9. The first-order chi connectivity index (χ1) is 19.0. The summed E-state index contributed by atoms with van der Waals surface area (Å²) in [5, 5.41) is 14.6. The summed E-state index contributed by atoms with van der Waals surface area (Å²) in [6.07, 6.45) is 3.02. The highest BCUT2D eigenvalue weighted by Gasteiger charge is 2.17. The van der Waals surface area contributed by atoms with Gasteiger partial charge in [0.2, 0.25) is 5.75 Å². The van der Waals surface area contributed by atoms with Gasteiger partial charge in [-0.2, -0.15) is 10.2 Å². The van der Waals surface area contributed by atoms with Crippen LogP contribution < -0.4 is 25.1 Å². The lowest BCUT2D eigenvalue weighted by Gasteiger charge is -2.13. The van der Waals surface area contributed by atoms with Gasteiger partial charge in [-0.25, -0.2) is 9.67 Å². The molecule has 0 spiro atoms. The smallest absolute Gasteiger partial charge is 0.269 e. The van der Waals surface area contributed by atoms with E-state index in [-0.39, 0.29) is 23.7 Å². The van der Waals surface area contributed by atoms with Crippen LogP contribution in [0, 0.1) is 0 Å². The van der Waals surface area contributed by atoms with Gasteiger partial charge < -0.3 is 19.5 Å². The van der Waals surface area contributed by atoms with E-state index in [1.165, 1.54) is 33.9 Å². The zero-order chi connectivity index (χ0) is 27.4. The molecule has 0 aliphatic heterocycles. The Morgan fingerprint density at radius 2 is 1.77 bits per heavy atom. The number of hydrogen-bond acceptors (Lipinski definition) is 8. The zero-order valence-corrected chi connectivity index (χ0v) is 21.7. The van der Waals surface area contributed by atoms with Crippen molar-refractivity contribution in [3.05, 3.63) is 82.7 Å². The minimum Gasteiger partial charge on any atom is -0.493 e. The third-order valence-electron chi connectivity index (χ3n) is 6.21. The number of carbonyl (C=O) groups is 1. The van der Waals surface area contributed by atoms with E-state index < -0.39 is 0 Å². The van der Waals surface area contributed by atoms with E-state index in [0.717, 1.165) is 5.56 Å². The molecule has 1 amide bonds. The third-order valence-corrected chi connectivity index (χ3v) is 6.21. The molecule has 0 saturated heterocycles. The molecule has 5 rings (SSSR count). The molecule has 0 bridgehead atoms. The predicted octanol–water partition coefficient (Wildman–Crippen LogP) is 2.49. The second-order valence-electron chi connectivity index (χ2n) is 8.60. The highest BCUT2D eigenvalue weighted by atomic mass is 16.5. The largest absolute Gasteiger partial charge is 0.493 e. The normalized spacial score (nSPS) is 10.9. The Labute approximate surface area is 223 Å². The van der Waals surface area contributed by atoms with E-state index in [4.69, 9.17) is 14.2 Å². The first kappa shape index (κ1) is 25.5. The molecule has 0 radical (unpaired) electrons. The molecule has 0 atom stereocenters. The van der Waals surface area contributed by atoms with Crippen LogP contribution in [0.2, 0.25) is 0 Å². The number of H-pyrrole nitrogens is 1. The van der Waals surface area contributed by atoms with Crippen molar-refractivity contribution in [1.29, 1.82) is 0 Å². The van der Waals surface area contributed by atoms with Crippen molar-refractivity contribution in [3.8, 4) is 28.5 Å². The molecule has 0 fully saturated rings. The fraction of sp³-hybridized carbons (Fsp3) is 0.222. The van der Waals surface area contributed by atoms with Crippen LogP contribution in [0.25, 0.3) is 22.3 Å². The number of rotatable bonds is 10. The van der Waals surface area contributed by atoms with Crippen LogP contribution in [-0.4, -0.2) is 63.3 Å². The Kier molecular flexibility index (Phi) is 7.26. The van der Waals surface area contributed by atoms with E-state index in [9.17, 15) is 9.59 Å². The van der Waals surface area contributed by atoms with E-state index in [0.29, 0.717) is 52.6 Å². The van der Waals surface area contributed by atoms with Crippen LogP contribution in [0.4, 0.5) is 0 Å². The Morgan fingerprint density at radius 1 is 1.03 bits per heavy atom. The third kappa shape index (κ3) is 5.17. The number of nitrogens with one attached hydrogen (secondary N) is 2. The molecular weight excluding hydrogens is 502 g/mol. The van der Waals surface area contributed by atoms with Gasteiger partial charge in [0.05, 0.1) is 46.3 Å². The monoisotopic (exact) mass is 529 g/mol. The number of methoxy groups -OCH3 is 3. The summed E-state index contributed by atoms with van der Waals surface area (Å²) >= 11 is 0. The Hall–Kier alpha value is -5.13. The van der Waals surface area contributed by atoms with Crippen molar-refractivity contribution in [1.82, 2.24) is 34.8 Å². The van der Waals surface area contributed by atoms with E-state index >= 15 is 0 Å². The molecular formula is C27H27N7O5. The standard InChI is InChI=1S/C27H27N7O5/c1-37-22-11-18(12-23(38-2)24(22)39-3)20-13-21(32-31-20)26(35)28-9-10-34-25-19(14-30-34)27(36)33(16-29-25)15-17-7-5-4-6-8-17/h4-8,11-14,16H,9-10,15H2,1-3H3,(H,28,35)(H,31,32). The SMILES string of the molecule is COc1cc(-c2cc(C(=O)NCCn3ncc4c(=O)n(Cc5ccccc5)cnc43)[nH]n2)cc(OC)c1OC. The second kappa shape index (κ2) is 11.1. The average molecular weight is 530 g/mol. The van der Waals surface area contributed by atoms with Gasteiger partial charge >= 0.3 is 0 Å². The Bertz CT molecular complexity index is 1650. The Morgan fingerprint density at radius 3 is 2.46 bits per heavy atom. The molecule has 2 aromatic carbocycles. The number of amides is 1. The van der Waals surface area contributed by atoms with Gasteiger partial charge in [0.15, 0.2) is 17.1 Å². The van der Waals surface area contributed by atoms with Gasteiger partial charge in [-0.1, -0.05) is 30.3 Å². The first-order valence-corrected chi connectivity index (χ1v) is 12.1. The number of ether oxygens (including phenoxy) is 3. The first-order valence-electron chi connectivity index (χ1n) is 12.1. The van der Waals surface area contributed by atoms with Gasteiger partial charge in [0.25, 0.3) is 11.5 Å². The highest BCUT2D eigenvalue weighted by Crippen LogP contribution is 2.40. The van der Waals surface area contributed by atoms with E-state index in [1.54, 1.807) is 27.4 Å². The minimum absolute atomic E-state index is 0.170. The lowest BCUT2D eigenvalue weighted by molar-refractivity contribution is 0.0947. The van der Waals surface area contributed by atoms with Gasteiger partial charge in [-0.05, 0) is 23.8 Å². The van der Waals surface area contributed by atoms with E-state index in [1.807, 2.05) is 30.3 Å². The molecule has 0 aliphatic carbocycles. The quantitative estimate of drug-likeness (QED) is 0.281. The number of aromatic nitrogens is 6. The molecule has 200 valence electrons. The van der Waals surface area contributed by atoms with Crippen LogP contribution in [0.3, 0.4) is 0 Å². The molecule has 3 aromatic heterocycles. The highest BCUT2D eigenvalue weighted by molar-refractivity contribution is 5.93. The summed E-state index contributed by atoms with van der Waals surface area (Å²) in [5.74, 6) is 1.09. The molecule has 3 heterocycles. The lowest BCUT2D eigenvalue weighted by atomic mass is 10.1. The molecule has 39 heavy (non-hydrogen) atoms. The van der Waals surface area contributed by atoms with Gasteiger partial charge in [0.1, 0.15) is 17.4 Å². The van der Waals surface area contributed by atoms with Crippen molar-refractivity contribution < 1.29 is 19.0 Å². The lowest BCUT2D eigenvalue weighted by Crippen LogP contribution is -2.28. The molecule has 12 nitrogen and oxygen atoms in total. The second-order valence-corrected chi connectivity index (χ2v) is 8.60. The number of hydrogen-bond donors (Lipinski definition) is 2. The predicted molar refractivity (Wildman–Crippen MR) is 143 cm³/mol. The minimum atomic E-state index is -0.337. The van der Waals surface area contributed by atoms with Crippen LogP contribution in [-0.2, 0) is 13.1 Å². The maximum absolute atomic E-state index is 12.9. The average Bonchev–Trinajstić information content (AvgIpc) is 3.62. The van der Waals surface area contributed by atoms with Gasteiger partial charge in [-0.3, -0.25) is 19.3 Å². The van der Waals surface area contributed by atoms with Crippen molar-refractivity contribution in [3.63, 3.8) is 0 Å². The van der Waals surface area contributed by atoms with Crippen molar-refractivity contribution in [2.75, 3.05) is 27.9 Å². The van der Waals surface area contributed by atoms with Crippen LogP contribution in [0.1, 0.15) is 16.1 Å². The number of benzene rings is 2. The van der Waals surface area contributed by atoms with Crippen LogP contribution in [0.15, 0.2) is 65.8 Å². The van der Waals surface area contributed by atoms with Crippen molar-refractivity contribution >= 4 is 16.9 Å². The summed E-state index contributed by atoms with van der Waals surface area (Å²) in [5.41, 5.74) is 2.80. The fourth-order valence-electron chi connectivity index (χ4n) is 4.24. The molecule has 0 saturated carbocycles. The molecule has 2 N–H and O–H groups in total. The summed E-state index contributed by atoms with van der Waals surface area (Å²) in [4.78, 5) is 30.1. The van der Waals surface area contributed by atoms with Crippen LogP contribution >= 0.6 is 0 Å². The summed E-state index contributed by atoms with van der Waals surface area (Å²) in [6, 6.07) is 14.8.